The Bertz CT molecular complexity index is 197. The van der Waals surface area contributed by atoms with E-state index in [0.29, 0.717) is 0 Å². The van der Waals surface area contributed by atoms with Gasteiger partial charge in [-0.3, -0.25) is 9.59 Å². The molecule has 0 spiro atoms. The van der Waals surface area contributed by atoms with Gasteiger partial charge in [-0.25, -0.2) is 0 Å². The number of hydrogen-bond donors (Lipinski definition) is 2. The number of carbonyl (C=O) groups is 2. The predicted octanol–water partition coefficient (Wildman–Crippen LogP) is -0.895. The van der Waals surface area contributed by atoms with Crippen molar-refractivity contribution in [3.05, 3.63) is 0 Å². The fourth-order valence-corrected chi connectivity index (χ4v) is 1.54. The molecular weight excluding hydrogens is 223 g/mol. The van der Waals surface area contributed by atoms with Gasteiger partial charge in [0.25, 0.3) is 0 Å². The standard InChI is InChI=1S/C10H18O4.K.H/c1-3-5-7(4-2)6-8(9(11)12)10(13)14;;/h7-8H,3-6H2,1-2H3,(H,11,12)(H,13,14);;/q;+1;-1. The Hall–Kier alpha value is 0.576. The molecule has 0 amide bonds. The maximum absolute atomic E-state index is 10.6. The van der Waals surface area contributed by atoms with Crippen LogP contribution in [0.2, 0.25) is 0 Å². The van der Waals surface area contributed by atoms with Gasteiger partial charge in [-0.05, 0) is 12.3 Å². The minimum atomic E-state index is -1.24. The molecule has 2 N–H and O–H groups in total. The summed E-state index contributed by atoms with van der Waals surface area (Å²) in [6.07, 6.45) is 2.94. The molecule has 0 saturated heterocycles. The van der Waals surface area contributed by atoms with E-state index in [-0.39, 0.29) is 65.1 Å². The van der Waals surface area contributed by atoms with Gasteiger partial charge >= 0.3 is 63.3 Å². The van der Waals surface area contributed by atoms with Crippen molar-refractivity contribution in [3.63, 3.8) is 0 Å². The average Bonchev–Trinajstić information content (AvgIpc) is 2.10. The maximum Gasteiger partial charge on any atom is 1.00 e. The van der Waals surface area contributed by atoms with Gasteiger partial charge < -0.3 is 11.6 Å². The van der Waals surface area contributed by atoms with Crippen molar-refractivity contribution in [1.29, 1.82) is 0 Å². The van der Waals surface area contributed by atoms with E-state index >= 15 is 0 Å². The molecule has 0 aliphatic carbocycles. The van der Waals surface area contributed by atoms with Crippen LogP contribution in [-0.4, -0.2) is 22.2 Å². The molecule has 0 aromatic rings. The molecule has 0 saturated carbocycles. The van der Waals surface area contributed by atoms with E-state index in [4.69, 9.17) is 10.2 Å². The Kier molecular flexibility index (Phi) is 11.7. The number of hydrogen-bond acceptors (Lipinski definition) is 2. The first kappa shape index (κ1) is 18.0. The smallest absolute Gasteiger partial charge is 1.00 e. The van der Waals surface area contributed by atoms with Crippen LogP contribution >= 0.6 is 0 Å². The molecule has 0 aromatic heterocycles. The van der Waals surface area contributed by atoms with E-state index in [1.807, 2.05) is 13.8 Å². The van der Waals surface area contributed by atoms with Crippen molar-refractivity contribution in [1.82, 2.24) is 0 Å². The zero-order valence-corrected chi connectivity index (χ0v) is 12.8. The Morgan fingerprint density at radius 2 is 1.67 bits per heavy atom. The first-order valence-corrected chi connectivity index (χ1v) is 4.98. The van der Waals surface area contributed by atoms with Crippen molar-refractivity contribution in [2.24, 2.45) is 11.8 Å². The normalized spacial score (nSPS) is 11.9. The van der Waals surface area contributed by atoms with Crippen LogP contribution in [-0.2, 0) is 9.59 Å². The summed E-state index contributed by atoms with van der Waals surface area (Å²) in [5.41, 5.74) is 0. The second-order valence-corrected chi connectivity index (χ2v) is 3.53. The number of carboxylic acid groups (broad SMARTS) is 2. The third-order valence-corrected chi connectivity index (χ3v) is 2.44. The van der Waals surface area contributed by atoms with Crippen molar-refractivity contribution < 1.29 is 72.6 Å². The third-order valence-electron chi connectivity index (χ3n) is 2.44. The second kappa shape index (κ2) is 9.78. The summed E-state index contributed by atoms with van der Waals surface area (Å²) in [7, 11) is 0. The molecule has 0 aromatic carbocycles. The van der Waals surface area contributed by atoms with E-state index in [2.05, 4.69) is 0 Å². The van der Waals surface area contributed by atoms with Gasteiger partial charge in [-0.1, -0.05) is 33.1 Å². The third kappa shape index (κ3) is 7.46. The SMILES string of the molecule is CCCC(CC)CC(C(=O)O)C(=O)O.[H-].[K+]. The van der Waals surface area contributed by atoms with Crippen LogP contribution in [0.4, 0.5) is 0 Å². The Morgan fingerprint density at radius 1 is 1.20 bits per heavy atom. The molecule has 1 unspecified atom stereocenters. The molecular formula is C10H19KO4. The largest absolute Gasteiger partial charge is 1.00 e. The average molecular weight is 242 g/mol. The van der Waals surface area contributed by atoms with E-state index in [1.165, 1.54) is 0 Å². The van der Waals surface area contributed by atoms with E-state index in [9.17, 15) is 9.59 Å². The monoisotopic (exact) mass is 242 g/mol. The second-order valence-electron chi connectivity index (χ2n) is 3.53. The van der Waals surface area contributed by atoms with Crippen molar-refractivity contribution in [2.45, 2.75) is 39.5 Å². The Balaban J connectivity index is -0.000000845. The molecule has 0 fully saturated rings. The van der Waals surface area contributed by atoms with Gasteiger partial charge in [0.15, 0.2) is 5.92 Å². The van der Waals surface area contributed by atoms with Crippen LogP contribution in [0, 0.1) is 11.8 Å². The van der Waals surface area contributed by atoms with Crippen LogP contribution in [0.15, 0.2) is 0 Å². The predicted molar refractivity (Wildman–Crippen MR) is 53.2 cm³/mol. The molecule has 5 heteroatoms. The summed E-state index contributed by atoms with van der Waals surface area (Å²) < 4.78 is 0. The topological polar surface area (TPSA) is 74.6 Å². The fraction of sp³-hybridized carbons (Fsp3) is 0.800. The minimum Gasteiger partial charge on any atom is -1.00 e. The zero-order valence-electron chi connectivity index (χ0n) is 10.7. The molecule has 84 valence electrons. The van der Waals surface area contributed by atoms with Gasteiger partial charge in [-0.15, -0.1) is 0 Å². The van der Waals surface area contributed by atoms with Crippen LogP contribution in [0.1, 0.15) is 41.0 Å². The van der Waals surface area contributed by atoms with Gasteiger partial charge in [-0.2, -0.15) is 0 Å². The van der Waals surface area contributed by atoms with E-state index in [0.717, 1.165) is 19.3 Å². The first-order valence-electron chi connectivity index (χ1n) is 4.98. The molecule has 4 nitrogen and oxygen atoms in total. The first-order chi connectivity index (χ1) is 6.52. The molecule has 1 atom stereocenters. The molecule has 0 heterocycles. The van der Waals surface area contributed by atoms with Crippen LogP contribution in [0.25, 0.3) is 0 Å². The Morgan fingerprint density at radius 3 is 1.93 bits per heavy atom. The molecule has 0 aliphatic heterocycles. The van der Waals surface area contributed by atoms with Crippen LogP contribution in [0.5, 0.6) is 0 Å². The van der Waals surface area contributed by atoms with Gasteiger partial charge in [0.05, 0.1) is 0 Å². The summed E-state index contributed by atoms with van der Waals surface area (Å²) in [5, 5.41) is 17.4. The number of aliphatic carboxylic acids is 2. The van der Waals surface area contributed by atoms with Crippen LogP contribution in [0.3, 0.4) is 0 Å². The minimum absolute atomic E-state index is 0. The summed E-state index contributed by atoms with van der Waals surface area (Å²) >= 11 is 0. The quantitative estimate of drug-likeness (QED) is 0.448. The van der Waals surface area contributed by atoms with Gasteiger partial charge in [0.2, 0.25) is 0 Å². The molecule has 0 rings (SSSR count). The Labute approximate surface area is 134 Å². The molecule has 0 aliphatic rings. The summed E-state index contributed by atoms with van der Waals surface area (Å²) in [6.45, 7) is 3.97. The summed E-state index contributed by atoms with van der Waals surface area (Å²) in [5.74, 6) is -3.50. The van der Waals surface area contributed by atoms with Crippen LogP contribution < -0.4 is 51.4 Å². The number of rotatable bonds is 7. The molecule has 0 radical (unpaired) electrons. The fourth-order valence-electron chi connectivity index (χ4n) is 1.54. The van der Waals surface area contributed by atoms with E-state index < -0.39 is 17.9 Å². The van der Waals surface area contributed by atoms with Crippen molar-refractivity contribution in [3.8, 4) is 0 Å². The summed E-state index contributed by atoms with van der Waals surface area (Å²) in [4.78, 5) is 21.2. The molecule has 0 bridgehead atoms. The van der Waals surface area contributed by atoms with E-state index in [1.54, 1.807) is 0 Å². The van der Waals surface area contributed by atoms with Crippen molar-refractivity contribution >= 4 is 11.9 Å². The molecule has 15 heavy (non-hydrogen) atoms. The number of carboxylic acids is 2. The van der Waals surface area contributed by atoms with Gasteiger partial charge in [0.1, 0.15) is 0 Å². The summed E-state index contributed by atoms with van der Waals surface area (Å²) in [6, 6.07) is 0. The maximum atomic E-state index is 10.6. The van der Waals surface area contributed by atoms with Gasteiger partial charge in [0, 0.05) is 0 Å². The zero-order chi connectivity index (χ0) is 11.1. The van der Waals surface area contributed by atoms with Crippen molar-refractivity contribution in [2.75, 3.05) is 0 Å².